The lowest BCUT2D eigenvalue weighted by Gasteiger charge is -2.29. The lowest BCUT2D eigenvalue weighted by Crippen LogP contribution is -2.35. The lowest BCUT2D eigenvalue weighted by molar-refractivity contribution is -0.144. The van der Waals surface area contributed by atoms with E-state index >= 15 is 0 Å². The van der Waals surface area contributed by atoms with Crippen molar-refractivity contribution in [2.24, 2.45) is 18.9 Å². The molecular formula is C15H25N3O2. The van der Waals surface area contributed by atoms with Gasteiger partial charge in [-0.3, -0.25) is 9.48 Å². The molecule has 0 radical (unpaired) electrons. The van der Waals surface area contributed by atoms with Gasteiger partial charge in [0.15, 0.2) is 0 Å². The number of carboxylic acids is 1. The molecule has 5 heteroatoms. The Bertz CT molecular complexity index is 470. The van der Waals surface area contributed by atoms with Gasteiger partial charge >= 0.3 is 5.97 Å². The topological polar surface area (TPSA) is 67.2 Å². The molecule has 1 aliphatic carbocycles. The molecule has 3 unspecified atom stereocenters. The standard InChI is InChI=1S/C15H25N3O2/c1-10(14-9-18(3)17-11(14)2)16-8-12-6-4-5-7-13(12)15(19)20/h9-10,12-13,16H,4-8H2,1-3H3,(H,19,20). The highest BCUT2D eigenvalue weighted by Crippen LogP contribution is 2.30. The number of aliphatic carboxylic acids is 1. The molecule has 0 bridgehead atoms. The zero-order valence-corrected chi connectivity index (χ0v) is 12.6. The maximum atomic E-state index is 11.3. The van der Waals surface area contributed by atoms with Gasteiger partial charge in [0.2, 0.25) is 0 Å². The third-order valence-electron chi connectivity index (χ3n) is 4.43. The van der Waals surface area contributed by atoms with E-state index in [0.29, 0.717) is 0 Å². The summed E-state index contributed by atoms with van der Waals surface area (Å²) in [6, 6.07) is 0.208. The van der Waals surface area contributed by atoms with Crippen LogP contribution in [-0.4, -0.2) is 27.4 Å². The van der Waals surface area contributed by atoms with Gasteiger partial charge in [0, 0.05) is 24.8 Å². The minimum atomic E-state index is -0.637. The van der Waals surface area contributed by atoms with E-state index in [1.54, 1.807) is 0 Å². The van der Waals surface area contributed by atoms with Crippen molar-refractivity contribution < 1.29 is 9.90 Å². The number of carbonyl (C=O) groups is 1. The van der Waals surface area contributed by atoms with Crippen LogP contribution in [0.3, 0.4) is 0 Å². The first-order valence-electron chi connectivity index (χ1n) is 7.45. The first-order chi connectivity index (χ1) is 9.49. The largest absolute Gasteiger partial charge is 0.481 e. The molecule has 1 aliphatic rings. The van der Waals surface area contributed by atoms with Crippen LogP contribution >= 0.6 is 0 Å². The minimum absolute atomic E-state index is 0.182. The molecule has 1 aromatic rings. The lowest BCUT2D eigenvalue weighted by atomic mass is 9.79. The van der Waals surface area contributed by atoms with Gasteiger partial charge in [0.25, 0.3) is 0 Å². The Hall–Kier alpha value is -1.36. The van der Waals surface area contributed by atoms with Gasteiger partial charge in [-0.15, -0.1) is 0 Å². The fourth-order valence-corrected chi connectivity index (χ4v) is 3.26. The molecule has 2 rings (SSSR count). The van der Waals surface area contributed by atoms with E-state index in [1.165, 1.54) is 5.56 Å². The molecule has 0 saturated heterocycles. The van der Waals surface area contributed by atoms with Crippen LogP contribution in [0.5, 0.6) is 0 Å². The van der Waals surface area contributed by atoms with Crippen molar-refractivity contribution in [1.29, 1.82) is 0 Å². The van der Waals surface area contributed by atoms with Gasteiger partial charge in [-0.1, -0.05) is 12.8 Å². The van der Waals surface area contributed by atoms with Crippen LogP contribution in [-0.2, 0) is 11.8 Å². The molecule has 5 nitrogen and oxygen atoms in total. The van der Waals surface area contributed by atoms with Crippen molar-refractivity contribution in [2.45, 2.75) is 45.6 Å². The van der Waals surface area contributed by atoms with E-state index in [1.807, 2.05) is 24.9 Å². The highest BCUT2D eigenvalue weighted by Gasteiger charge is 2.30. The van der Waals surface area contributed by atoms with Gasteiger partial charge in [-0.05, 0) is 39.2 Å². The predicted octanol–water partition coefficient (Wildman–Crippen LogP) is 2.27. The zero-order valence-electron chi connectivity index (χ0n) is 12.6. The quantitative estimate of drug-likeness (QED) is 0.867. The van der Waals surface area contributed by atoms with Crippen molar-refractivity contribution in [2.75, 3.05) is 6.54 Å². The number of nitrogens with zero attached hydrogens (tertiary/aromatic N) is 2. The molecule has 1 fully saturated rings. The molecule has 0 aliphatic heterocycles. The van der Waals surface area contributed by atoms with Crippen LogP contribution in [0.15, 0.2) is 6.20 Å². The monoisotopic (exact) mass is 279 g/mol. The average Bonchev–Trinajstić information content (AvgIpc) is 2.75. The Morgan fingerprint density at radius 3 is 2.85 bits per heavy atom. The second-order valence-electron chi connectivity index (χ2n) is 5.96. The van der Waals surface area contributed by atoms with Gasteiger partial charge in [-0.2, -0.15) is 5.10 Å². The summed E-state index contributed by atoms with van der Waals surface area (Å²) in [6.45, 7) is 4.89. The summed E-state index contributed by atoms with van der Waals surface area (Å²) >= 11 is 0. The summed E-state index contributed by atoms with van der Waals surface area (Å²) in [4.78, 5) is 11.3. The van der Waals surface area contributed by atoms with Crippen LogP contribution in [0.2, 0.25) is 0 Å². The van der Waals surface area contributed by atoms with Gasteiger partial charge in [0.1, 0.15) is 0 Å². The third-order valence-corrected chi connectivity index (χ3v) is 4.43. The second-order valence-corrected chi connectivity index (χ2v) is 5.96. The summed E-state index contributed by atoms with van der Waals surface area (Å²) in [5.41, 5.74) is 2.22. The number of nitrogens with one attached hydrogen (secondary N) is 1. The number of aromatic nitrogens is 2. The smallest absolute Gasteiger partial charge is 0.306 e. The second kappa shape index (κ2) is 6.39. The number of hydrogen-bond acceptors (Lipinski definition) is 3. The molecule has 2 N–H and O–H groups in total. The van der Waals surface area contributed by atoms with Crippen molar-refractivity contribution >= 4 is 5.97 Å². The Balaban J connectivity index is 1.93. The van der Waals surface area contributed by atoms with Crippen LogP contribution in [0.4, 0.5) is 0 Å². The fourth-order valence-electron chi connectivity index (χ4n) is 3.26. The Morgan fingerprint density at radius 2 is 2.25 bits per heavy atom. The highest BCUT2D eigenvalue weighted by atomic mass is 16.4. The number of hydrogen-bond donors (Lipinski definition) is 2. The molecule has 3 atom stereocenters. The summed E-state index contributed by atoms with van der Waals surface area (Å²) in [7, 11) is 1.92. The van der Waals surface area contributed by atoms with Crippen molar-refractivity contribution in [3.05, 3.63) is 17.5 Å². The van der Waals surface area contributed by atoms with E-state index < -0.39 is 5.97 Å². The Labute approximate surface area is 120 Å². The molecule has 0 amide bonds. The Kier molecular flexibility index (Phi) is 4.81. The molecule has 1 aromatic heterocycles. The average molecular weight is 279 g/mol. The first-order valence-corrected chi connectivity index (χ1v) is 7.45. The van der Waals surface area contributed by atoms with Gasteiger partial charge < -0.3 is 10.4 Å². The zero-order chi connectivity index (χ0) is 14.7. The van der Waals surface area contributed by atoms with E-state index in [-0.39, 0.29) is 17.9 Å². The van der Waals surface area contributed by atoms with E-state index in [2.05, 4.69) is 17.3 Å². The van der Waals surface area contributed by atoms with E-state index in [9.17, 15) is 9.90 Å². The SMILES string of the molecule is Cc1nn(C)cc1C(C)NCC1CCCCC1C(=O)O. The molecule has 1 heterocycles. The predicted molar refractivity (Wildman–Crippen MR) is 77.4 cm³/mol. The third kappa shape index (κ3) is 3.39. The normalized spacial score (nSPS) is 24.6. The summed E-state index contributed by atoms with van der Waals surface area (Å²) in [5, 5.41) is 17.1. The molecule has 1 saturated carbocycles. The van der Waals surface area contributed by atoms with E-state index in [0.717, 1.165) is 37.9 Å². The fraction of sp³-hybridized carbons (Fsp3) is 0.733. The van der Waals surface area contributed by atoms with Crippen LogP contribution < -0.4 is 5.32 Å². The maximum absolute atomic E-state index is 11.3. The van der Waals surface area contributed by atoms with Crippen LogP contribution in [0.25, 0.3) is 0 Å². The van der Waals surface area contributed by atoms with Gasteiger partial charge in [0.05, 0.1) is 11.6 Å². The Morgan fingerprint density at radius 1 is 1.55 bits per heavy atom. The van der Waals surface area contributed by atoms with Crippen LogP contribution in [0, 0.1) is 18.8 Å². The highest BCUT2D eigenvalue weighted by molar-refractivity contribution is 5.70. The van der Waals surface area contributed by atoms with Crippen molar-refractivity contribution in [3.8, 4) is 0 Å². The minimum Gasteiger partial charge on any atom is -0.481 e. The summed E-state index contributed by atoms with van der Waals surface area (Å²) in [5.74, 6) is -0.569. The first kappa shape index (κ1) is 15.0. The van der Waals surface area contributed by atoms with Crippen molar-refractivity contribution in [3.63, 3.8) is 0 Å². The number of carboxylic acid groups (broad SMARTS) is 1. The van der Waals surface area contributed by atoms with Gasteiger partial charge in [-0.25, -0.2) is 0 Å². The maximum Gasteiger partial charge on any atom is 0.306 e. The summed E-state index contributed by atoms with van der Waals surface area (Å²) < 4.78 is 1.82. The molecule has 0 spiro atoms. The number of rotatable bonds is 5. The summed E-state index contributed by atoms with van der Waals surface area (Å²) in [6.07, 6.45) is 6.06. The molecule has 0 aromatic carbocycles. The molecular weight excluding hydrogens is 254 g/mol. The van der Waals surface area contributed by atoms with Crippen LogP contribution in [0.1, 0.15) is 49.9 Å². The van der Waals surface area contributed by atoms with E-state index in [4.69, 9.17) is 0 Å². The number of aryl methyl sites for hydroxylation is 2. The van der Waals surface area contributed by atoms with Crippen molar-refractivity contribution in [1.82, 2.24) is 15.1 Å². The molecule has 112 valence electrons. The molecule has 20 heavy (non-hydrogen) atoms.